The minimum Gasteiger partial charge on any atom is -0.455 e. The summed E-state index contributed by atoms with van der Waals surface area (Å²) in [4.78, 5) is 27.6. The van der Waals surface area contributed by atoms with Crippen LogP contribution in [0.5, 0.6) is 0 Å². The van der Waals surface area contributed by atoms with Crippen molar-refractivity contribution in [2.24, 2.45) is 17.3 Å². The molecule has 6 heteroatoms. The van der Waals surface area contributed by atoms with Crippen molar-refractivity contribution in [2.45, 2.75) is 64.4 Å². The summed E-state index contributed by atoms with van der Waals surface area (Å²) in [6.07, 6.45) is 4.83. The molecule has 4 saturated carbocycles. The van der Waals surface area contributed by atoms with Gasteiger partial charge in [0.2, 0.25) is 0 Å². The third kappa shape index (κ3) is 3.96. The Morgan fingerprint density at radius 3 is 2.37 bits per heavy atom. The zero-order valence-electron chi connectivity index (χ0n) is 17.8. The van der Waals surface area contributed by atoms with E-state index in [0.29, 0.717) is 23.9 Å². The number of anilines is 1. The van der Waals surface area contributed by atoms with Crippen molar-refractivity contribution in [3.05, 3.63) is 29.3 Å². The fraction of sp³-hybridized carbons (Fsp3) is 0.625. The van der Waals surface area contributed by atoms with Crippen LogP contribution in [0.25, 0.3) is 0 Å². The lowest BCUT2D eigenvalue weighted by Gasteiger charge is -2.58. The molecule has 0 radical (unpaired) electrons. The molecule has 0 spiro atoms. The molecule has 1 aromatic rings. The molecule has 4 aliphatic carbocycles. The zero-order chi connectivity index (χ0) is 21.5. The third-order valence-corrected chi connectivity index (χ3v) is 7.06. The number of nitrogens with zero attached hydrogens (tertiary/aromatic N) is 2. The Balaban J connectivity index is 1.45. The molecule has 6 nitrogen and oxygen atoms in total. The monoisotopic (exact) mass is 410 g/mol. The van der Waals surface area contributed by atoms with Gasteiger partial charge in [-0.25, -0.2) is 0 Å². The number of amides is 1. The van der Waals surface area contributed by atoms with Crippen LogP contribution in [0.3, 0.4) is 0 Å². The molecule has 5 rings (SSSR count). The van der Waals surface area contributed by atoms with Crippen LogP contribution in [-0.4, -0.2) is 35.7 Å². The molecule has 1 aromatic carbocycles. The lowest BCUT2D eigenvalue weighted by Crippen LogP contribution is -2.58. The van der Waals surface area contributed by atoms with Crippen molar-refractivity contribution in [3.63, 3.8) is 0 Å². The number of carbonyl (C=O) groups is 2. The summed E-state index contributed by atoms with van der Waals surface area (Å²) in [5, 5.41) is 19.9. The van der Waals surface area contributed by atoms with Crippen molar-refractivity contribution in [3.8, 4) is 6.07 Å². The second kappa shape index (κ2) is 7.70. The van der Waals surface area contributed by atoms with Gasteiger partial charge in [0.05, 0.1) is 23.5 Å². The number of carbonyl (C=O) groups excluding carboxylic acids is 2. The van der Waals surface area contributed by atoms with Crippen LogP contribution in [0.4, 0.5) is 5.69 Å². The average molecular weight is 411 g/mol. The highest BCUT2D eigenvalue weighted by atomic mass is 16.5. The summed E-state index contributed by atoms with van der Waals surface area (Å²) < 4.78 is 5.55. The summed E-state index contributed by atoms with van der Waals surface area (Å²) in [6, 6.07) is 7.91. The maximum Gasteiger partial charge on any atom is 0.312 e. The van der Waals surface area contributed by atoms with Gasteiger partial charge in [0.15, 0.2) is 6.61 Å². The molecule has 0 aliphatic heterocycles. The smallest absolute Gasteiger partial charge is 0.312 e. The Bertz CT molecular complexity index is 869. The number of ether oxygens (including phenoxy) is 1. The van der Waals surface area contributed by atoms with Crippen LogP contribution >= 0.6 is 0 Å². The van der Waals surface area contributed by atoms with Crippen LogP contribution in [-0.2, 0) is 14.3 Å². The quantitative estimate of drug-likeness (QED) is 0.726. The number of benzene rings is 1. The maximum absolute atomic E-state index is 13.1. The summed E-state index contributed by atoms with van der Waals surface area (Å²) >= 11 is 0. The molecule has 4 bridgehead atoms. The van der Waals surface area contributed by atoms with E-state index in [1.807, 2.05) is 32.0 Å². The Morgan fingerprint density at radius 2 is 1.80 bits per heavy atom. The fourth-order valence-electron chi connectivity index (χ4n) is 6.48. The Labute approximate surface area is 177 Å². The van der Waals surface area contributed by atoms with Crippen LogP contribution in [0.2, 0.25) is 0 Å². The number of hydrogen-bond donors (Lipinski definition) is 1. The Hall–Kier alpha value is -2.39. The third-order valence-electron chi connectivity index (χ3n) is 7.06. The van der Waals surface area contributed by atoms with E-state index >= 15 is 0 Å². The Morgan fingerprint density at radius 1 is 1.17 bits per heavy atom. The zero-order valence-corrected chi connectivity index (χ0v) is 17.8. The molecule has 2 unspecified atom stereocenters. The molecule has 1 amide bonds. The highest BCUT2D eigenvalue weighted by Crippen LogP contribution is 2.61. The largest absolute Gasteiger partial charge is 0.455 e. The van der Waals surface area contributed by atoms with E-state index in [0.717, 1.165) is 43.2 Å². The van der Waals surface area contributed by atoms with Gasteiger partial charge < -0.3 is 14.7 Å². The minimum atomic E-state index is -0.745. The number of aliphatic hydroxyl groups is 1. The van der Waals surface area contributed by atoms with E-state index < -0.39 is 11.0 Å². The average Bonchev–Trinajstić information content (AvgIpc) is 2.63. The van der Waals surface area contributed by atoms with Gasteiger partial charge in [-0.3, -0.25) is 9.59 Å². The van der Waals surface area contributed by atoms with E-state index in [4.69, 9.17) is 10.00 Å². The van der Waals surface area contributed by atoms with Crippen molar-refractivity contribution in [2.75, 3.05) is 18.1 Å². The molecular weight excluding hydrogens is 380 g/mol. The summed E-state index contributed by atoms with van der Waals surface area (Å²) in [6.45, 7) is 3.83. The second-order valence-corrected chi connectivity index (χ2v) is 9.84. The molecule has 4 fully saturated rings. The molecule has 160 valence electrons. The number of esters is 1. The molecule has 0 heterocycles. The van der Waals surface area contributed by atoms with Gasteiger partial charge in [-0.2, -0.15) is 5.26 Å². The van der Waals surface area contributed by atoms with Gasteiger partial charge >= 0.3 is 5.97 Å². The topological polar surface area (TPSA) is 90.6 Å². The lowest BCUT2D eigenvalue weighted by atomic mass is 9.48. The highest BCUT2D eigenvalue weighted by molar-refractivity contribution is 5.95. The van der Waals surface area contributed by atoms with Gasteiger partial charge in [0, 0.05) is 12.2 Å². The van der Waals surface area contributed by atoms with Crippen molar-refractivity contribution in [1.82, 2.24) is 0 Å². The van der Waals surface area contributed by atoms with Crippen LogP contribution in [0.15, 0.2) is 18.2 Å². The minimum absolute atomic E-state index is 0.201. The summed E-state index contributed by atoms with van der Waals surface area (Å²) in [7, 11) is 0. The van der Waals surface area contributed by atoms with Gasteiger partial charge in [0.1, 0.15) is 0 Å². The molecule has 4 aliphatic rings. The summed E-state index contributed by atoms with van der Waals surface area (Å²) in [5.74, 6) is 0.0832. The number of aryl methyl sites for hydroxylation is 2. The van der Waals surface area contributed by atoms with Crippen molar-refractivity contribution < 1.29 is 19.4 Å². The molecule has 0 aromatic heterocycles. The molecule has 0 saturated heterocycles. The van der Waals surface area contributed by atoms with Crippen molar-refractivity contribution >= 4 is 17.6 Å². The molecule has 1 N–H and O–H groups in total. The predicted molar refractivity (Wildman–Crippen MR) is 112 cm³/mol. The van der Waals surface area contributed by atoms with E-state index in [1.165, 1.54) is 4.90 Å². The fourth-order valence-corrected chi connectivity index (χ4v) is 6.48. The van der Waals surface area contributed by atoms with E-state index in [-0.39, 0.29) is 31.4 Å². The number of rotatable bonds is 6. The lowest BCUT2D eigenvalue weighted by molar-refractivity contribution is -0.196. The van der Waals surface area contributed by atoms with Gasteiger partial charge in [-0.1, -0.05) is 6.07 Å². The first kappa shape index (κ1) is 20.9. The summed E-state index contributed by atoms with van der Waals surface area (Å²) in [5.41, 5.74) is 1.38. The Kier molecular flexibility index (Phi) is 5.36. The van der Waals surface area contributed by atoms with Crippen LogP contribution in [0, 0.1) is 42.4 Å². The molecule has 30 heavy (non-hydrogen) atoms. The second-order valence-electron chi connectivity index (χ2n) is 9.84. The SMILES string of the molecule is Cc1cc(C)cc(N(CCC#N)C(=O)COC(=O)C23C[C@@H]4C[C@@H](CC(O)(C4)C2)C3)c1. The normalized spacial score (nSPS) is 31.3. The van der Waals surface area contributed by atoms with Gasteiger partial charge in [-0.15, -0.1) is 0 Å². The number of hydrogen-bond acceptors (Lipinski definition) is 5. The van der Waals surface area contributed by atoms with E-state index in [9.17, 15) is 14.7 Å². The highest BCUT2D eigenvalue weighted by Gasteiger charge is 2.60. The predicted octanol–water partition coefficient (Wildman–Crippen LogP) is 3.42. The van der Waals surface area contributed by atoms with E-state index in [2.05, 4.69) is 6.07 Å². The first-order valence-electron chi connectivity index (χ1n) is 10.9. The molecular formula is C24H30N2O4. The molecule has 4 atom stereocenters. The van der Waals surface area contributed by atoms with Gasteiger partial charge in [-0.05, 0) is 87.5 Å². The van der Waals surface area contributed by atoms with Crippen LogP contribution < -0.4 is 4.90 Å². The first-order chi connectivity index (χ1) is 14.2. The van der Waals surface area contributed by atoms with Crippen LogP contribution in [0.1, 0.15) is 56.1 Å². The number of nitriles is 1. The van der Waals surface area contributed by atoms with Crippen molar-refractivity contribution in [1.29, 1.82) is 5.26 Å². The van der Waals surface area contributed by atoms with E-state index in [1.54, 1.807) is 0 Å². The standard InChI is InChI=1S/C24H30N2O4/c1-16-6-17(2)8-20(7-16)26(5-3-4-25)21(27)14-30-22(28)23-10-18-9-19(11-23)13-24(29,12-18)15-23/h6-8,18-19,29H,3,5,9-15H2,1-2H3/t18-,19+,23?,24?. The maximum atomic E-state index is 13.1. The first-order valence-corrected chi connectivity index (χ1v) is 10.9. The van der Waals surface area contributed by atoms with Gasteiger partial charge in [0.25, 0.3) is 5.91 Å².